The Morgan fingerprint density at radius 2 is 2.15 bits per heavy atom. The van der Waals surface area contributed by atoms with E-state index in [9.17, 15) is 18.0 Å². The molecule has 0 aromatic heterocycles. The first-order valence-electron chi connectivity index (χ1n) is 3.54. The van der Waals surface area contributed by atoms with Gasteiger partial charge in [0, 0.05) is 16.0 Å². The molecule has 0 aromatic rings. The zero-order valence-corrected chi connectivity index (χ0v) is 8.02. The smallest absolute Gasteiger partial charge is 0.303 e. The van der Waals surface area contributed by atoms with E-state index < -0.39 is 17.7 Å². The lowest BCUT2D eigenvalue weighted by molar-refractivity contribution is -0.111. The lowest BCUT2D eigenvalue weighted by Crippen LogP contribution is -2.17. The summed E-state index contributed by atoms with van der Waals surface area (Å²) in [5.41, 5.74) is -0.668. The lowest BCUT2D eigenvalue weighted by Gasteiger charge is -2.17. The Balaban J connectivity index is 2.90. The van der Waals surface area contributed by atoms with Gasteiger partial charge < -0.3 is 4.79 Å². The first-order chi connectivity index (χ1) is 5.93. The first kappa shape index (κ1) is 10.5. The van der Waals surface area contributed by atoms with Crippen LogP contribution in [0.2, 0.25) is 0 Å². The molecule has 0 bridgehead atoms. The molecule has 1 unspecified atom stereocenters. The van der Waals surface area contributed by atoms with Crippen molar-refractivity contribution in [2.75, 3.05) is 0 Å². The molecule has 0 aliphatic heterocycles. The number of carbonyl (C=O) groups excluding carboxylic acids is 1. The summed E-state index contributed by atoms with van der Waals surface area (Å²) in [6.07, 6.45) is -1.63. The van der Waals surface area contributed by atoms with Gasteiger partial charge in [-0.05, 0) is 12.5 Å². The molecule has 0 amide bonds. The summed E-state index contributed by atoms with van der Waals surface area (Å²) in [6.45, 7) is 0. The van der Waals surface area contributed by atoms with E-state index in [-0.39, 0.29) is 6.42 Å². The van der Waals surface area contributed by atoms with Gasteiger partial charge >= 0.3 is 6.18 Å². The number of hydrogen-bond acceptors (Lipinski definition) is 1. The number of aldehydes is 1. The second-order valence-electron chi connectivity index (χ2n) is 2.72. The van der Waals surface area contributed by atoms with Crippen molar-refractivity contribution in [1.29, 1.82) is 0 Å². The van der Waals surface area contributed by atoms with Crippen LogP contribution in [0.5, 0.6) is 0 Å². The van der Waals surface area contributed by atoms with Gasteiger partial charge in [0.15, 0.2) is 0 Å². The second kappa shape index (κ2) is 3.65. The zero-order chi connectivity index (χ0) is 10.1. The molecular weight excluding hydrogens is 249 g/mol. The SMILES string of the molecule is O=CC1C=C(Br)C=C(C(F)(F)F)C1. The van der Waals surface area contributed by atoms with Crippen molar-refractivity contribution in [2.45, 2.75) is 12.6 Å². The molecule has 0 heterocycles. The minimum Gasteiger partial charge on any atom is -0.303 e. The fraction of sp³-hybridized carbons (Fsp3) is 0.375. The van der Waals surface area contributed by atoms with E-state index in [1.54, 1.807) is 0 Å². The standard InChI is InChI=1S/C8H6BrF3O/c9-7-2-5(4-13)1-6(3-7)8(10,11)12/h2-5H,1H2. The van der Waals surface area contributed by atoms with Crippen LogP contribution in [-0.4, -0.2) is 12.5 Å². The van der Waals surface area contributed by atoms with Gasteiger partial charge in [0.05, 0.1) is 0 Å². The fourth-order valence-electron chi connectivity index (χ4n) is 1.08. The first-order valence-corrected chi connectivity index (χ1v) is 4.33. The van der Waals surface area contributed by atoms with Crippen LogP contribution in [0.3, 0.4) is 0 Å². The average molecular weight is 255 g/mol. The molecule has 0 radical (unpaired) electrons. The topological polar surface area (TPSA) is 17.1 Å². The third kappa shape index (κ3) is 2.69. The molecule has 0 fully saturated rings. The summed E-state index contributed by atoms with van der Waals surface area (Å²) >= 11 is 2.93. The molecule has 1 aliphatic carbocycles. The van der Waals surface area contributed by atoms with Crippen LogP contribution in [-0.2, 0) is 4.79 Å². The predicted octanol–water partition coefficient (Wildman–Crippen LogP) is 2.97. The highest BCUT2D eigenvalue weighted by Gasteiger charge is 2.35. The second-order valence-corrected chi connectivity index (χ2v) is 3.64. The van der Waals surface area contributed by atoms with Crippen LogP contribution in [0.15, 0.2) is 22.2 Å². The predicted molar refractivity (Wildman–Crippen MR) is 45.3 cm³/mol. The monoisotopic (exact) mass is 254 g/mol. The summed E-state index contributed by atoms with van der Waals surface area (Å²) in [5, 5.41) is 0. The molecule has 72 valence electrons. The van der Waals surface area contributed by atoms with Crippen molar-refractivity contribution in [3.05, 3.63) is 22.2 Å². The quantitative estimate of drug-likeness (QED) is 0.658. The van der Waals surface area contributed by atoms with E-state index in [1.807, 2.05) is 0 Å². The number of allylic oxidation sites excluding steroid dienone is 4. The molecule has 0 N–H and O–H groups in total. The molecular formula is C8H6BrF3O. The number of rotatable bonds is 1. The molecule has 1 rings (SSSR count). The van der Waals surface area contributed by atoms with Gasteiger partial charge in [-0.2, -0.15) is 13.2 Å². The molecule has 0 aromatic carbocycles. The third-order valence-electron chi connectivity index (χ3n) is 1.68. The van der Waals surface area contributed by atoms with Crippen molar-refractivity contribution in [3.8, 4) is 0 Å². The molecule has 5 heteroatoms. The van der Waals surface area contributed by atoms with Crippen molar-refractivity contribution in [3.63, 3.8) is 0 Å². The van der Waals surface area contributed by atoms with Gasteiger partial charge in [-0.15, -0.1) is 0 Å². The van der Waals surface area contributed by atoms with Crippen LogP contribution in [0, 0.1) is 5.92 Å². The lowest BCUT2D eigenvalue weighted by atomic mass is 9.95. The van der Waals surface area contributed by atoms with E-state index >= 15 is 0 Å². The third-order valence-corrected chi connectivity index (χ3v) is 2.17. The van der Waals surface area contributed by atoms with Gasteiger partial charge in [-0.3, -0.25) is 0 Å². The van der Waals surface area contributed by atoms with Crippen LogP contribution in [0.4, 0.5) is 13.2 Å². The Labute approximate surface area is 81.4 Å². The Kier molecular flexibility index (Phi) is 2.95. The molecule has 0 saturated heterocycles. The summed E-state index contributed by atoms with van der Waals surface area (Å²) in [6, 6.07) is 0. The molecule has 1 nitrogen and oxygen atoms in total. The van der Waals surface area contributed by atoms with Crippen molar-refractivity contribution in [1.82, 2.24) is 0 Å². The summed E-state index contributed by atoms with van der Waals surface area (Å²) in [4.78, 5) is 10.3. The molecule has 13 heavy (non-hydrogen) atoms. The zero-order valence-electron chi connectivity index (χ0n) is 6.44. The highest BCUT2D eigenvalue weighted by molar-refractivity contribution is 9.11. The van der Waals surface area contributed by atoms with Crippen LogP contribution in [0.25, 0.3) is 0 Å². The van der Waals surface area contributed by atoms with Crippen molar-refractivity contribution in [2.24, 2.45) is 5.92 Å². The van der Waals surface area contributed by atoms with Gasteiger partial charge in [0.2, 0.25) is 0 Å². The molecule has 1 aliphatic rings. The van der Waals surface area contributed by atoms with Gasteiger partial charge in [-0.1, -0.05) is 22.0 Å². The maximum Gasteiger partial charge on any atom is 0.412 e. The van der Waals surface area contributed by atoms with Crippen LogP contribution >= 0.6 is 15.9 Å². The maximum atomic E-state index is 12.2. The number of carbonyl (C=O) groups is 1. The maximum absolute atomic E-state index is 12.2. The summed E-state index contributed by atoms with van der Waals surface area (Å²) < 4.78 is 36.9. The van der Waals surface area contributed by atoms with E-state index in [1.165, 1.54) is 6.08 Å². The highest BCUT2D eigenvalue weighted by Crippen LogP contribution is 2.35. The van der Waals surface area contributed by atoms with Gasteiger partial charge in [-0.25, -0.2) is 0 Å². The minimum atomic E-state index is -4.34. The fourth-order valence-corrected chi connectivity index (χ4v) is 1.69. The number of alkyl halides is 3. The summed E-state index contributed by atoms with van der Waals surface area (Å²) in [7, 11) is 0. The van der Waals surface area contributed by atoms with Crippen molar-refractivity contribution < 1.29 is 18.0 Å². The van der Waals surface area contributed by atoms with E-state index in [0.29, 0.717) is 10.8 Å². The largest absolute Gasteiger partial charge is 0.412 e. The minimum absolute atomic E-state index is 0.262. The normalized spacial score (nSPS) is 23.5. The summed E-state index contributed by atoms with van der Waals surface area (Å²) in [5.74, 6) is -0.670. The van der Waals surface area contributed by atoms with E-state index in [4.69, 9.17) is 0 Å². The van der Waals surface area contributed by atoms with E-state index in [0.717, 1.165) is 6.08 Å². The Hall–Kier alpha value is -0.580. The van der Waals surface area contributed by atoms with Crippen LogP contribution < -0.4 is 0 Å². The van der Waals surface area contributed by atoms with Gasteiger partial charge in [0.1, 0.15) is 6.29 Å². The Bertz CT molecular complexity index is 278. The Morgan fingerprint density at radius 1 is 1.54 bits per heavy atom. The average Bonchev–Trinajstić information content (AvgIpc) is 2.01. The van der Waals surface area contributed by atoms with Crippen molar-refractivity contribution >= 4 is 22.2 Å². The van der Waals surface area contributed by atoms with Crippen LogP contribution in [0.1, 0.15) is 6.42 Å². The molecule has 1 atom stereocenters. The van der Waals surface area contributed by atoms with E-state index in [2.05, 4.69) is 15.9 Å². The highest BCUT2D eigenvalue weighted by atomic mass is 79.9. The molecule has 0 saturated carbocycles. The number of halogens is 4. The number of hydrogen-bond donors (Lipinski definition) is 0. The van der Waals surface area contributed by atoms with Gasteiger partial charge in [0.25, 0.3) is 0 Å². The Morgan fingerprint density at radius 3 is 2.62 bits per heavy atom. The molecule has 0 spiro atoms.